The predicted octanol–water partition coefficient (Wildman–Crippen LogP) is 1.16. The molecule has 76 valence electrons. The Morgan fingerprint density at radius 1 is 1.53 bits per heavy atom. The Morgan fingerprint density at radius 3 is 2.87 bits per heavy atom. The summed E-state index contributed by atoms with van der Waals surface area (Å²) in [4.78, 5) is 4.24. The molecule has 0 radical (unpaired) electrons. The first-order valence-electron chi connectivity index (χ1n) is 4.45. The molecule has 2 aromatic rings. The van der Waals surface area contributed by atoms with E-state index in [4.69, 9.17) is 10.00 Å². The first kappa shape index (κ1) is 9.46. The molecule has 0 bridgehead atoms. The lowest BCUT2D eigenvalue weighted by Crippen LogP contribution is -1.96. The van der Waals surface area contributed by atoms with Crippen molar-refractivity contribution in [3.8, 4) is 11.9 Å². The summed E-state index contributed by atoms with van der Waals surface area (Å²) in [6.45, 7) is 1.89. The number of hydrogen-bond acceptors (Lipinski definition) is 4. The predicted molar refractivity (Wildman–Crippen MR) is 54.5 cm³/mol. The van der Waals surface area contributed by atoms with E-state index in [1.54, 1.807) is 10.7 Å². The van der Waals surface area contributed by atoms with Gasteiger partial charge in [-0.2, -0.15) is 15.3 Å². The third-order valence-electron chi connectivity index (χ3n) is 2.28. The number of rotatable bonds is 1. The van der Waals surface area contributed by atoms with Gasteiger partial charge in [0.1, 0.15) is 11.6 Å². The van der Waals surface area contributed by atoms with Crippen molar-refractivity contribution >= 4 is 11.0 Å². The normalized spacial score (nSPS) is 10.3. The van der Waals surface area contributed by atoms with Gasteiger partial charge < -0.3 is 4.74 Å². The molecular weight excluding hydrogens is 192 g/mol. The second kappa shape index (κ2) is 3.24. The summed E-state index contributed by atoms with van der Waals surface area (Å²) in [5.41, 5.74) is 2.02. The van der Waals surface area contributed by atoms with Crippen LogP contribution in [-0.2, 0) is 7.05 Å². The van der Waals surface area contributed by atoms with Crippen LogP contribution in [0, 0.1) is 18.3 Å². The Morgan fingerprint density at radius 2 is 2.27 bits per heavy atom. The maximum absolute atomic E-state index is 8.91. The third kappa shape index (κ3) is 1.31. The van der Waals surface area contributed by atoms with Gasteiger partial charge in [0.05, 0.1) is 12.8 Å². The average Bonchev–Trinajstić information content (AvgIpc) is 2.52. The zero-order chi connectivity index (χ0) is 11.0. The molecule has 2 rings (SSSR count). The first-order valence-corrected chi connectivity index (χ1v) is 4.45. The summed E-state index contributed by atoms with van der Waals surface area (Å²) < 4.78 is 6.71. The maximum Gasteiger partial charge on any atom is 0.233 e. The molecule has 5 nitrogen and oxygen atoms in total. The molecule has 0 aromatic carbocycles. The minimum absolute atomic E-state index is 0.341. The van der Waals surface area contributed by atoms with E-state index < -0.39 is 0 Å². The average molecular weight is 202 g/mol. The van der Waals surface area contributed by atoms with Crippen LogP contribution in [0.5, 0.6) is 5.88 Å². The highest BCUT2D eigenvalue weighted by atomic mass is 16.5. The molecule has 0 aliphatic rings. The quantitative estimate of drug-likeness (QED) is 0.696. The SMILES string of the molecule is COc1nc2c(cc1C#N)c(C)nn2C. The molecule has 0 unspecified atom stereocenters. The summed E-state index contributed by atoms with van der Waals surface area (Å²) in [6, 6.07) is 3.80. The van der Waals surface area contributed by atoms with Crippen LogP contribution in [0.3, 0.4) is 0 Å². The fourth-order valence-corrected chi connectivity index (χ4v) is 1.56. The first-order chi connectivity index (χ1) is 7.17. The molecule has 0 saturated carbocycles. The van der Waals surface area contributed by atoms with Gasteiger partial charge in [-0.1, -0.05) is 0 Å². The van der Waals surface area contributed by atoms with E-state index in [0.717, 1.165) is 16.7 Å². The monoisotopic (exact) mass is 202 g/mol. The van der Waals surface area contributed by atoms with Gasteiger partial charge in [0.25, 0.3) is 0 Å². The summed E-state index contributed by atoms with van der Waals surface area (Å²) >= 11 is 0. The van der Waals surface area contributed by atoms with Crippen LogP contribution >= 0.6 is 0 Å². The number of pyridine rings is 1. The van der Waals surface area contributed by atoms with Gasteiger partial charge >= 0.3 is 0 Å². The Labute approximate surface area is 86.9 Å². The number of aryl methyl sites for hydroxylation is 2. The second-order valence-electron chi connectivity index (χ2n) is 3.24. The van der Waals surface area contributed by atoms with E-state index in [1.165, 1.54) is 7.11 Å². The lowest BCUT2D eigenvalue weighted by molar-refractivity contribution is 0.397. The highest BCUT2D eigenvalue weighted by Gasteiger charge is 2.12. The van der Waals surface area contributed by atoms with Gasteiger partial charge in [-0.3, -0.25) is 4.68 Å². The number of nitriles is 1. The van der Waals surface area contributed by atoms with Gasteiger partial charge in [-0.15, -0.1) is 0 Å². The van der Waals surface area contributed by atoms with Crippen molar-refractivity contribution in [2.24, 2.45) is 7.05 Å². The highest BCUT2D eigenvalue weighted by molar-refractivity contribution is 5.80. The third-order valence-corrected chi connectivity index (χ3v) is 2.28. The van der Waals surface area contributed by atoms with Crippen molar-refractivity contribution in [2.75, 3.05) is 7.11 Å². The zero-order valence-corrected chi connectivity index (χ0v) is 8.77. The topological polar surface area (TPSA) is 63.7 Å². The van der Waals surface area contributed by atoms with Crippen molar-refractivity contribution < 1.29 is 4.74 Å². The Bertz CT molecular complexity index is 565. The minimum atomic E-state index is 0.341. The number of nitrogens with zero attached hydrogens (tertiary/aromatic N) is 4. The molecule has 0 N–H and O–H groups in total. The zero-order valence-electron chi connectivity index (χ0n) is 8.77. The molecule has 0 saturated heterocycles. The molecule has 2 heterocycles. The van der Waals surface area contributed by atoms with Crippen LogP contribution in [-0.4, -0.2) is 21.9 Å². The number of fused-ring (bicyclic) bond motifs is 1. The van der Waals surface area contributed by atoms with Crippen molar-refractivity contribution in [1.82, 2.24) is 14.8 Å². The molecule has 0 amide bonds. The lowest BCUT2D eigenvalue weighted by Gasteiger charge is -2.01. The van der Waals surface area contributed by atoms with Crippen LogP contribution in [0.4, 0.5) is 0 Å². The van der Waals surface area contributed by atoms with Gasteiger partial charge in [-0.05, 0) is 13.0 Å². The van der Waals surface area contributed by atoms with Crippen molar-refractivity contribution in [3.05, 3.63) is 17.3 Å². The van der Waals surface area contributed by atoms with E-state index in [2.05, 4.69) is 16.2 Å². The molecular formula is C10H10N4O. The largest absolute Gasteiger partial charge is 0.480 e. The Kier molecular flexibility index (Phi) is 2.05. The summed E-state index contributed by atoms with van der Waals surface area (Å²) in [5, 5.41) is 14.0. The van der Waals surface area contributed by atoms with Crippen LogP contribution in [0.25, 0.3) is 11.0 Å². The molecule has 0 spiro atoms. The fourth-order valence-electron chi connectivity index (χ4n) is 1.56. The fraction of sp³-hybridized carbons (Fsp3) is 0.300. The molecule has 15 heavy (non-hydrogen) atoms. The van der Waals surface area contributed by atoms with E-state index in [-0.39, 0.29) is 0 Å². The minimum Gasteiger partial charge on any atom is -0.480 e. The molecule has 0 fully saturated rings. The van der Waals surface area contributed by atoms with E-state index in [0.29, 0.717) is 11.4 Å². The smallest absolute Gasteiger partial charge is 0.233 e. The molecule has 2 aromatic heterocycles. The summed E-state index contributed by atoms with van der Waals surface area (Å²) in [6.07, 6.45) is 0. The summed E-state index contributed by atoms with van der Waals surface area (Å²) in [5.74, 6) is 0.341. The Hall–Kier alpha value is -2.09. The van der Waals surface area contributed by atoms with Crippen LogP contribution in [0.15, 0.2) is 6.07 Å². The second-order valence-corrected chi connectivity index (χ2v) is 3.24. The summed E-state index contributed by atoms with van der Waals surface area (Å²) in [7, 11) is 3.31. The molecule has 0 aliphatic heterocycles. The number of ether oxygens (including phenoxy) is 1. The van der Waals surface area contributed by atoms with Gasteiger partial charge in [-0.25, -0.2) is 0 Å². The standard InChI is InChI=1S/C10H10N4O/c1-6-8-4-7(5-11)10(15-3)12-9(8)14(2)13-6/h4H,1-3H3. The molecule has 0 aliphatic carbocycles. The van der Waals surface area contributed by atoms with Crippen molar-refractivity contribution in [1.29, 1.82) is 5.26 Å². The van der Waals surface area contributed by atoms with Crippen molar-refractivity contribution in [2.45, 2.75) is 6.92 Å². The van der Waals surface area contributed by atoms with Gasteiger partial charge in [0.15, 0.2) is 5.65 Å². The van der Waals surface area contributed by atoms with Gasteiger partial charge in [0.2, 0.25) is 5.88 Å². The van der Waals surface area contributed by atoms with Gasteiger partial charge in [0, 0.05) is 12.4 Å². The highest BCUT2D eigenvalue weighted by Crippen LogP contribution is 2.23. The van der Waals surface area contributed by atoms with Crippen molar-refractivity contribution in [3.63, 3.8) is 0 Å². The molecule has 0 atom stereocenters. The van der Waals surface area contributed by atoms with E-state index in [1.807, 2.05) is 14.0 Å². The lowest BCUT2D eigenvalue weighted by atomic mass is 10.2. The van der Waals surface area contributed by atoms with Crippen LogP contribution in [0.2, 0.25) is 0 Å². The number of methoxy groups -OCH3 is 1. The van der Waals surface area contributed by atoms with Crippen LogP contribution < -0.4 is 4.74 Å². The van der Waals surface area contributed by atoms with Crippen LogP contribution in [0.1, 0.15) is 11.3 Å². The van der Waals surface area contributed by atoms with E-state index in [9.17, 15) is 0 Å². The number of hydrogen-bond donors (Lipinski definition) is 0. The van der Waals surface area contributed by atoms with E-state index >= 15 is 0 Å². The maximum atomic E-state index is 8.91. The number of aromatic nitrogens is 3. The Balaban J connectivity index is 2.85. The molecule has 5 heteroatoms.